The standard InChI is InChI=1S/C13H24ClN5/c1-6-10(7-2)9-19(8-3)13-16-11(14)15-12(17-13)18(4)5/h10H,6-9H2,1-5H3. The molecule has 0 fully saturated rings. The van der Waals surface area contributed by atoms with Crippen LogP contribution in [0.2, 0.25) is 5.28 Å². The second kappa shape index (κ2) is 7.48. The first-order valence-corrected chi connectivity index (χ1v) is 7.23. The van der Waals surface area contributed by atoms with E-state index >= 15 is 0 Å². The van der Waals surface area contributed by atoms with Crippen LogP contribution in [0.1, 0.15) is 33.6 Å². The van der Waals surface area contributed by atoms with E-state index in [-0.39, 0.29) is 5.28 Å². The first kappa shape index (κ1) is 16.0. The summed E-state index contributed by atoms with van der Waals surface area (Å²) in [6.07, 6.45) is 2.32. The van der Waals surface area contributed by atoms with Gasteiger partial charge in [0, 0.05) is 27.2 Å². The number of hydrogen-bond donors (Lipinski definition) is 0. The van der Waals surface area contributed by atoms with Crippen LogP contribution < -0.4 is 9.80 Å². The smallest absolute Gasteiger partial charge is 0.231 e. The van der Waals surface area contributed by atoms with Gasteiger partial charge in [0.25, 0.3) is 0 Å². The molecule has 1 aromatic heterocycles. The van der Waals surface area contributed by atoms with Crippen LogP contribution >= 0.6 is 11.6 Å². The summed E-state index contributed by atoms with van der Waals surface area (Å²) in [5.74, 6) is 1.91. The number of halogens is 1. The number of aromatic nitrogens is 3. The van der Waals surface area contributed by atoms with E-state index in [0.29, 0.717) is 17.8 Å². The van der Waals surface area contributed by atoms with Crippen molar-refractivity contribution in [3.05, 3.63) is 5.28 Å². The summed E-state index contributed by atoms with van der Waals surface area (Å²) in [4.78, 5) is 16.8. The first-order valence-electron chi connectivity index (χ1n) is 6.85. The van der Waals surface area contributed by atoms with Crippen LogP contribution in [-0.4, -0.2) is 42.1 Å². The minimum atomic E-state index is 0.247. The molecule has 0 spiro atoms. The average Bonchev–Trinajstić information content (AvgIpc) is 2.39. The zero-order chi connectivity index (χ0) is 14.4. The highest BCUT2D eigenvalue weighted by Gasteiger charge is 2.15. The molecule has 0 N–H and O–H groups in total. The third kappa shape index (κ3) is 4.49. The van der Waals surface area contributed by atoms with Gasteiger partial charge < -0.3 is 9.80 Å². The van der Waals surface area contributed by atoms with Crippen molar-refractivity contribution in [1.82, 2.24) is 15.0 Å². The minimum absolute atomic E-state index is 0.247. The van der Waals surface area contributed by atoms with Gasteiger partial charge in [-0.2, -0.15) is 15.0 Å². The zero-order valence-electron chi connectivity index (χ0n) is 12.5. The maximum atomic E-state index is 5.98. The number of nitrogens with zero attached hydrogens (tertiary/aromatic N) is 5. The van der Waals surface area contributed by atoms with Gasteiger partial charge in [-0.05, 0) is 24.4 Å². The number of anilines is 2. The van der Waals surface area contributed by atoms with Gasteiger partial charge in [-0.1, -0.05) is 26.7 Å². The van der Waals surface area contributed by atoms with Gasteiger partial charge in [0.2, 0.25) is 17.2 Å². The molecule has 1 rings (SSSR count). The van der Waals surface area contributed by atoms with Gasteiger partial charge in [-0.3, -0.25) is 0 Å². The van der Waals surface area contributed by atoms with Crippen LogP contribution in [0.4, 0.5) is 11.9 Å². The largest absolute Gasteiger partial charge is 0.347 e. The first-order chi connectivity index (χ1) is 9.01. The summed E-state index contributed by atoms with van der Waals surface area (Å²) in [5.41, 5.74) is 0. The van der Waals surface area contributed by atoms with E-state index in [0.717, 1.165) is 25.9 Å². The molecule has 0 atom stereocenters. The lowest BCUT2D eigenvalue weighted by Gasteiger charge is -2.26. The van der Waals surface area contributed by atoms with E-state index in [1.807, 2.05) is 19.0 Å². The molecule has 1 aromatic rings. The predicted molar refractivity (Wildman–Crippen MR) is 81.1 cm³/mol. The fraction of sp³-hybridized carbons (Fsp3) is 0.769. The van der Waals surface area contributed by atoms with Crippen LogP contribution in [0.3, 0.4) is 0 Å². The maximum Gasteiger partial charge on any atom is 0.231 e. The van der Waals surface area contributed by atoms with E-state index in [2.05, 4.69) is 40.6 Å². The van der Waals surface area contributed by atoms with Crippen molar-refractivity contribution < 1.29 is 0 Å². The van der Waals surface area contributed by atoms with E-state index in [1.165, 1.54) is 0 Å². The third-order valence-corrected chi connectivity index (χ3v) is 3.45. The van der Waals surface area contributed by atoms with E-state index in [9.17, 15) is 0 Å². The van der Waals surface area contributed by atoms with Gasteiger partial charge in [-0.15, -0.1) is 0 Å². The Morgan fingerprint density at radius 2 is 1.58 bits per heavy atom. The van der Waals surface area contributed by atoms with Crippen LogP contribution in [0.5, 0.6) is 0 Å². The molecular formula is C13H24ClN5. The van der Waals surface area contributed by atoms with Crippen LogP contribution in [-0.2, 0) is 0 Å². The summed E-state index contributed by atoms with van der Waals surface area (Å²) < 4.78 is 0. The van der Waals surface area contributed by atoms with Crippen molar-refractivity contribution in [3.63, 3.8) is 0 Å². The molecule has 0 amide bonds. The Hall–Kier alpha value is -1.10. The van der Waals surface area contributed by atoms with Crippen LogP contribution in [0.15, 0.2) is 0 Å². The summed E-state index contributed by atoms with van der Waals surface area (Å²) in [6, 6.07) is 0. The Labute approximate surface area is 121 Å². The molecule has 0 aliphatic rings. The molecule has 0 radical (unpaired) electrons. The van der Waals surface area contributed by atoms with Gasteiger partial charge in [0.05, 0.1) is 0 Å². The highest BCUT2D eigenvalue weighted by atomic mass is 35.5. The third-order valence-electron chi connectivity index (χ3n) is 3.28. The zero-order valence-corrected chi connectivity index (χ0v) is 13.3. The summed E-state index contributed by atoms with van der Waals surface area (Å²) in [5, 5.41) is 0.247. The Morgan fingerprint density at radius 1 is 1.00 bits per heavy atom. The minimum Gasteiger partial charge on any atom is -0.347 e. The van der Waals surface area contributed by atoms with E-state index in [1.54, 1.807) is 0 Å². The van der Waals surface area contributed by atoms with Crippen molar-refractivity contribution >= 4 is 23.5 Å². The average molecular weight is 286 g/mol. The SMILES string of the molecule is CCC(CC)CN(CC)c1nc(Cl)nc(N(C)C)n1. The van der Waals surface area contributed by atoms with Crippen molar-refractivity contribution in [1.29, 1.82) is 0 Å². The molecule has 0 aliphatic heterocycles. The lowest BCUT2D eigenvalue weighted by Crippen LogP contribution is -2.31. The summed E-state index contributed by atoms with van der Waals surface area (Å²) in [7, 11) is 3.79. The van der Waals surface area contributed by atoms with Gasteiger partial charge >= 0.3 is 0 Å². The lowest BCUT2D eigenvalue weighted by molar-refractivity contribution is 0.482. The van der Waals surface area contributed by atoms with Crippen LogP contribution in [0.25, 0.3) is 0 Å². The predicted octanol–water partition coefficient (Wildman–Crippen LogP) is 2.85. The Kier molecular flexibility index (Phi) is 6.28. The van der Waals surface area contributed by atoms with Crippen molar-refractivity contribution in [2.75, 3.05) is 37.0 Å². The monoisotopic (exact) mass is 285 g/mol. The fourth-order valence-corrected chi connectivity index (χ4v) is 2.03. The molecule has 6 heteroatoms. The van der Waals surface area contributed by atoms with E-state index < -0.39 is 0 Å². The number of rotatable bonds is 7. The Bertz CT molecular complexity index is 393. The normalized spacial score (nSPS) is 10.9. The van der Waals surface area contributed by atoms with Crippen molar-refractivity contribution in [2.24, 2.45) is 5.92 Å². The van der Waals surface area contributed by atoms with Crippen molar-refractivity contribution in [2.45, 2.75) is 33.6 Å². The molecule has 0 saturated carbocycles. The fourth-order valence-electron chi connectivity index (χ4n) is 1.88. The second-order valence-corrected chi connectivity index (χ2v) is 5.16. The molecule has 0 aromatic carbocycles. The lowest BCUT2D eigenvalue weighted by atomic mass is 10.0. The highest BCUT2D eigenvalue weighted by Crippen LogP contribution is 2.18. The molecule has 1 heterocycles. The molecule has 5 nitrogen and oxygen atoms in total. The second-order valence-electron chi connectivity index (χ2n) is 4.82. The molecule has 19 heavy (non-hydrogen) atoms. The van der Waals surface area contributed by atoms with Crippen LogP contribution in [0, 0.1) is 5.92 Å². The molecule has 108 valence electrons. The van der Waals surface area contributed by atoms with Gasteiger partial charge in [-0.25, -0.2) is 0 Å². The Balaban J connectivity index is 2.97. The molecule has 0 saturated heterocycles. The van der Waals surface area contributed by atoms with Gasteiger partial charge in [0.15, 0.2) is 0 Å². The molecular weight excluding hydrogens is 262 g/mol. The Morgan fingerprint density at radius 3 is 2.05 bits per heavy atom. The molecule has 0 bridgehead atoms. The van der Waals surface area contributed by atoms with Crippen molar-refractivity contribution in [3.8, 4) is 0 Å². The quantitative estimate of drug-likeness (QED) is 0.771. The molecule has 0 aliphatic carbocycles. The summed E-state index contributed by atoms with van der Waals surface area (Å²) in [6.45, 7) is 8.36. The maximum absolute atomic E-state index is 5.98. The highest BCUT2D eigenvalue weighted by molar-refractivity contribution is 6.28. The number of hydrogen-bond acceptors (Lipinski definition) is 5. The molecule has 0 unspecified atom stereocenters. The summed E-state index contributed by atoms with van der Waals surface area (Å²) >= 11 is 5.98. The van der Waals surface area contributed by atoms with E-state index in [4.69, 9.17) is 11.6 Å². The topological polar surface area (TPSA) is 45.2 Å². The van der Waals surface area contributed by atoms with Gasteiger partial charge in [0.1, 0.15) is 0 Å².